The van der Waals surface area contributed by atoms with E-state index in [1.807, 2.05) is 7.05 Å². The number of carbonyl (C=O) groups is 1. The predicted molar refractivity (Wildman–Crippen MR) is 72.7 cm³/mol. The van der Waals surface area contributed by atoms with Crippen molar-refractivity contribution in [3.63, 3.8) is 0 Å². The van der Waals surface area contributed by atoms with Gasteiger partial charge in [0.25, 0.3) is 0 Å². The molecule has 19 heavy (non-hydrogen) atoms. The molecule has 0 unspecified atom stereocenters. The monoisotopic (exact) mass is 268 g/mol. The number of anilines is 2. The molecule has 1 heterocycles. The molecular weight excluding hydrogens is 248 g/mol. The minimum atomic E-state index is -0.823. The largest absolute Gasteiger partial charge is 0.481 e. The van der Waals surface area contributed by atoms with E-state index >= 15 is 0 Å². The second-order valence-electron chi connectivity index (χ2n) is 4.14. The van der Waals surface area contributed by atoms with Crippen LogP contribution in [-0.4, -0.2) is 54.9 Å². The van der Waals surface area contributed by atoms with Gasteiger partial charge in [-0.3, -0.25) is 4.79 Å². The normalized spacial score (nSPS) is 10.3. The standard InChI is InChI=1S/C12H20N4O3/c1-9-14-10(13-5-7-19-3)8-11(15-9)16(2)6-4-12(17)18/h8H,4-7H2,1-3H3,(H,17,18)(H,13,14,15). The highest BCUT2D eigenvalue weighted by Gasteiger charge is 2.08. The molecule has 0 atom stereocenters. The van der Waals surface area contributed by atoms with Crippen molar-refractivity contribution in [2.75, 3.05) is 44.1 Å². The Kier molecular flexibility index (Phi) is 6.01. The molecule has 1 aromatic heterocycles. The molecule has 0 radical (unpaired) electrons. The Labute approximate surface area is 112 Å². The Hall–Kier alpha value is -1.89. The maximum Gasteiger partial charge on any atom is 0.305 e. The molecule has 0 aliphatic rings. The fourth-order valence-electron chi connectivity index (χ4n) is 1.50. The maximum absolute atomic E-state index is 10.6. The number of hydrogen-bond acceptors (Lipinski definition) is 6. The highest BCUT2D eigenvalue weighted by Crippen LogP contribution is 2.14. The van der Waals surface area contributed by atoms with Crippen LogP contribution in [-0.2, 0) is 9.53 Å². The molecule has 0 aliphatic heterocycles. The summed E-state index contributed by atoms with van der Waals surface area (Å²) < 4.78 is 4.95. The summed E-state index contributed by atoms with van der Waals surface area (Å²) in [5, 5.41) is 11.8. The summed E-state index contributed by atoms with van der Waals surface area (Å²) in [7, 11) is 3.45. The molecule has 1 aromatic rings. The fraction of sp³-hybridized carbons (Fsp3) is 0.583. The number of aliphatic carboxylic acids is 1. The van der Waals surface area contributed by atoms with E-state index in [-0.39, 0.29) is 6.42 Å². The van der Waals surface area contributed by atoms with E-state index in [4.69, 9.17) is 9.84 Å². The molecule has 0 spiro atoms. The minimum absolute atomic E-state index is 0.0754. The molecule has 0 saturated heterocycles. The number of aromatic nitrogens is 2. The summed E-state index contributed by atoms with van der Waals surface area (Å²) >= 11 is 0. The first-order valence-corrected chi connectivity index (χ1v) is 6.04. The smallest absolute Gasteiger partial charge is 0.305 e. The highest BCUT2D eigenvalue weighted by molar-refractivity contribution is 5.67. The summed E-state index contributed by atoms with van der Waals surface area (Å²) in [6.07, 6.45) is 0.0754. The van der Waals surface area contributed by atoms with E-state index < -0.39 is 5.97 Å². The summed E-state index contributed by atoms with van der Waals surface area (Å²) in [6.45, 7) is 3.46. The maximum atomic E-state index is 10.6. The van der Waals surface area contributed by atoms with Gasteiger partial charge in [0.05, 0.1) is 13.0 Å². The minimum Gasteiger partial charge on any atom is -0.481 e. The molecule has 7 heteroatoms. The van der Waals surface area contributed by atoms with Gasteiger partial charge in [0.15, 0.2) is 0 Å². The SMILES string of the molecule is COCCNc1cc(N(C)CCC(=O)O)nc(C)n1. The molecule has 0 bridgehead atoms. The van der Waals surface area contributed by atoms with Crippen molar-refractivity contribution in [2.24, 2.45) is 0 Å². The van der Waals surface area contributed by atoms with Gasteiger partial charge in [-0.1, -0.05) is 0 Å². The third-order valence-corrected chi connectivity index (χ3v) is 2.49. The molecule has 0 saturated carbocycles. The third kappa shape index (κ3) is 5.52. The number of carboxylic acid groups (broad SMARTS) is 1. The molecule has 106 valence electrons. The number of ether oxygens (including phenoxy) is 1. The van der Waals surface area contributed by atoms with Crippen molar-refractivity contribution < 1.29 is 14.6 Å². The van der Waals surface area contributed by atoms with Gasteiger partial charge < -0.3 is 20.1 Å². The van der Waals surface area contributed by atoms with E-state index in [9.17, 15) is 4.79 Å². The molecule has 2 N–H and O–H groups in total. The number of rotatable bonds is 8. The van der Waals surface area contributed by atoms with Crippen LogP contribution < -0.4 is 10.2 Å². The quantitative estimate of drug-likeness (QED) is 0.673. The lowest BCUT2D eigenvalue weighted by Crippen LogP contribution is -2.23. The molecule has 0 aliphatic carbocycles. The van der Waals surface area contributed by atoms with Gasteiger partial charge in [-0.25, -0.2) is 9.97 Å². The number of methoxy groups -OCH3 is 1. The van der Waals surface area contributed by atoms with Crippen molar-refractivity contribution in [3.05, 3.63) is 11.9 Å². The van der Waals surface area contributed by atoms with Gasteiger partial charge >= 0.3 is 5.97 Å². The van der Waals surface area contributed by atoms with Crippen molar-refractivity contribution in [1.29, 1.82) is 0 Å². The molecule has 7 nitrogen and oxygen atoms in total. The van der Waals surface area contributed by atoms with Gasteiger partial charge in [0.1, 0.15) is 17.5 Å². The Bertz CT molecular complexity index is 425. The van der Waals surface area contributed by atoms with Gasteiger partial charge in [-0.05, 0) is 6.92 Å². The van der Waals surface area contributed by atoms with Crippen LogP contribution in [0.15, 0.2) is 6.07 Å². The molecule has 0 amide bonds. The van der Waals surface area contributed by atoms with E-state index in [0.717, 1.165) is 0 Å². The first-order chi connectivity index (χ1) is 9.02. The first kappa shape index (κ1) is 15.2. The second-order valence-corrected chi connectivity index (χ2v) is 4.14. The van der Waals surface area contributed by atoms with E-state index in [0.29, 0.717) is 37.2 Å². The zero-order chi connectivity index (χ0) is 14.3. The summed E-state index contributed by atoms with van der Waals surface area (Å²) in [6, 6.07) is 1.80. The van der Waals surface area contributed by atoms with Crippen LogP contribution >= 0.6 is 0 Å². The van der Waals surface area contributed by atoms with Crippen LogP contribution in [0.3, 0.4) is 0 Å². The fourth-order valence-corrected chi connectivity index (χ4v) is 1.50. The molecule has 0 fully saturated rings. The topological polar surface area (TPSA) is 87.6 Å². The van der Waals surface area contributed by atoms with Crippen LogP contribution in [0, 0.1) is 6.92 Å². The summed E-state index contributed by atoms with van der Waals surface area (Å²) in [5.41, 5.74) is 0. The lowest BCUT2D eigenvalue weighted by molar-refractivity contribution is -0.136. The van der Waals surface area contributed by atoms with Gasteiger partial charge in [0.2, 0.25) is 0 Å². The van der Waals surface area contributed by atoms with Gasteiger partial charge in [-0.2, -0.15) is 0 Å². The lowest BCUT2D eigenvalue weighted by atomic mass is 10.4. The zero-order valence-electron chi connectivity index (χ0n) is 11.5. The van der Waals surface area contributed by atoms with Crippen molar-refractivity contribution >= 4 is 17.6 Å². The van der Waals surface area contributed by atoms with Crippen molar-refractivity contribution in [3.8, 4) is 0 Å². The Morgan fingerprint density at radius 3 is 2.89 bits per heavy atom. The Balaban J connectivity index is 2.69. The summed E-state index contributed by atoms with van der Waals surface area (Å²) in [4.78, 5) is 20.9. The van der Waals surface area contributed by atoms with E-state index in [2.05, 4.69) is 15.3 Å². The van der Waals surface area contributed by atoms with Crippen molar-refractivity contribution in [1.82, 2.24) is 9.97 Å². The van der Waals surface area contributed by atoms with Gasteiger partial charge in [-0.15, -0.1) is 0 Å². The van der Waals surface area contributed by atoms with Crippen LogP contribution in [0.5, 0.6) is 0 Å². The average Bonchev–Trinajstić information content (AvgIpc) is 2.35. The first-order valence-electron chi connectivity index (χ1n) is 6.04. The van der Waals surface area contributed by atoms with E-state index in [1.165, 1.54) is 0 Å². The van der Waals surface area contributed by atoms with Gasteiger partial charge in [0, 0.05) is 33.3 Å². The molecule has 0 aromatic carbocycles. The number of aryl methyl sites for hydroxylation is 1. The van der Waals surface area contributed by atoms with Crippen LogP contribution in [0.4, 0.5) is 11.6 Å². The van der Waals surface area contributed by atoms with E-state index in [1.54, 1.807) is 25.0 Å². The Morgan fingerprint density at radius 1 is 1.53 bits per heavy atom. The number of nitrogens with one attached hydrogen (secondary N) is 1. The lowest BCUT2D eigenvalue weighted by Gasteiger charge is -2.18. The zero-order valence-corrected chi connectivity index (χ0v) is 11.5. The second kappa shape index (κ2) is 7.52. The molecule has 1 rings (SSSR count). The van der Waals surface area contributed by atoms with Crippen LogP contribution in [0.2, 0.25) is 0 Å². The van der Waals surface area contributed by atoms with Crippen LogP contribution in [0.25, 0.3) is 0 Å². The number of hydrogen-bond donors (Lipinski definition) is 2. The number of carboxylic acids is 1. The summed E-state index contributed by atoms with van der Waals surface area (Å²) in [5.74, 6) is 1.23. The average molecular weight is 268 g/mol. The Morgan fingerprint density at radius 2 is 2.26 bits per heavy atom. The highest BCUT2D eigenvalue weighted by atomic mass is 16.5. The van der Waals surface area contributed by atoms with Crippen molar-refractivity contribution in [2.45, 2.75) is 13.3 Å². The third-order valence-electron chi connectivity index (χ3n) is 2.49. The predicted octanol–water partition coefficient (Wildman–Crippen LogP) is 0.754. The molecular formula is C12H20N4O3. The number of nitrogens with zero attached hydrogens (tertiary/aromatic N) is 3. The van der Waals surface area contributed by atoms with Crippen LogP contribution in [0.1, 0.15) is 12.2 Å².